The van der Waals surface area contributed by atoms with Crippen molar-refractivity contribution in [2.24, 2.45) is 0 Å². The van der Waals surface area contributed by atoms with Gasteiger partial charge >= 0.3 is 5.97 Å². The molecule has 0 atom stereocenters. The molecule has 6 nitrogen and oxygen atoms in total. The van der Waals surface area contributed by atoms with Gasteiger partial charge in [0.05, 0.1) is 7.11 Å². The van der Waals surface area contributed by atoms with Crippen LogP contribution in [-0.2, 0) is 16.2 Å². The lowest BCUT2D eigenvalue weighted by Crippen LogP contribution is -2.55. The molecule has 0 aromatic heterocycles. The maximum atomic E-state index is 12.4. The third-order valence-electron chi connectivity index (χ3n) is 5.40. The first-order valence-corrected chi connectivity index (χ1v) is 10.6. The highest BCUT2D eigenvalue weighted by Crippen LogP contribution is 2.30. The number of benzene rings is 2. The van der Waals surface area contributed by atoms with Gasteiger partial charge in [-0.2, -0.15) is 0 Å². The number of hydrogen-bond acceptors (Lipinski definition) is 4. The highest BCUT2D eigenvalue weighted by molar-refractivity contribution is 6.30. The van der Waals surface area contributed by atoms with Crippen LogP contribution in [-0.4, -0.2) is 29.6 Å². The fourth-order valence-corrected chi connectivity index (χ4v) is 3.77. The maximum absolute atomic E-state index is 12.4. The molecular formula is C24H26ClNO5. The minimum atomic E-state index is -1.17. The molecule has 2 N–H and O–H groups in total. The first kappa shape index (κ1) is 22.7. The Kier molecular flexibility index (Phi) is 7.58. The van der Waals surface area contributed by atoms with Crippen LogP contribution in [0.25, 0.3) is 6.08 Å². The summed E-state index contributed by atoms with van der Waals surface area (Å²) in [5.41, 5.74) is 0.539. The first-order valence-electron chi connectivity index (χ1n) is 10.2. The smallest absolute Gasteiger partial charge is 0.329 e. The van der Waals surface area contributed by atoms with E-state index in [2.05, 4.69) is 5.32 Å². The number of ether oxygens (including phenoxy) is 2. The Labute approximate surface area is 186 Å². The summed E-state index contributed by atoms with van der Waals surface area (Å²) >= 11 is 5.90. The third-order valence-corrected chi connectivity index (χ3v) is 5.65. The number of aliphatic carboxylic acids is 1. The molecule has 3 rings (SSSR count). The molecule has 0 unspecified atom stereocenters. The van der Waals surface area contributed by atoms with E-state index in [1.54, 1.807) is 43.5 Å². The molecule has 31 heavy (non-hydrogen) atoms. The number of carbonyl (C=O) groups excluding carboxylic acids is 1. The predicted octanol–water partition coefficient (Wildman–Crippen LogP) is 4.84. The Morgan fingerprint density at radius 3 is 2.45 bits per heavy atom. The monoisotopic (exact) mass is 443 g/mol. The van der Waals surface area contributed by atoms with Crippen molar-refractivity contribution in [3.05, 3.63) is 64.7 Å². The Morgan fingerprint density at radius 2 is 1.81 bits per heavy atom. The average molecular weight is 444 g/mol. The molecule has 0 bridgehead atoms. The Bertz CT molecular complexity index is 949. The zero-order chi connectivity index (χ0) is 22.3. The highest BCUT2D eigenvalue weighted by Gasteiger charge is 2.40. The number of nitrogens with one attached hydrogen (secondary N) is 1. The number of halogens is 1. The van der Waals surface area contributed by atoms with Crippen LogP contribution in [0.5, 0.6) is 11.5 Å². The van der Waals surface area contributed by atoms with Gasteiger partial charge in [0.25, 0.3) is 0 Å². The van der Waals surface area contributed by atoms with Crippen molar-refractivity contribution in [1.82, 2.24) is 5.32 Å². The summed E-state index contributed by atoms with van der Waals surface area (Å²) in [6.45, 7) is 0.363. The van der Waals surface area contributed by atoms with Gasteiger partial charge in [-0.3, -0.25) is 4.79 Å². The molecular weight excluding hydrogens is 418 g/mol. The third kappa shape index (κ3) is 6.01. The van der Waals surface area contributed by atoms with E-state index in [0.717, 1.165) is 30.4 Å². The van der Waals surface area contributed by atoms with Crippen LogP contribution in [0.1, 0.15) is 43.2 Å². The van der Waals surface area contributed by atoms with E-state index in [1.165, 1.54) is 6.08 Å². The van der Waals surface area contributed by atoms with Crippen molar-refractivity contribution in [3.8, 4) is 11.5 Å². The van der Waals surface area contributed by atoms with Crippen LogP contribution in [0, 0.1) is 0 Å². The van der Waals surface area contributed by atoms with Gasteiger partial charge in [0, 0.05) is 11.1 Å². The first-order chi connectivity index (χ1) is 14.9. The zero-order valence-corrected chi connectivity index (χ0v) is 18.2. The standard InChI is InChI=1S/C24H26ClNO5/c1-30-21-15-17(7-11-20(21)31-16-18-5-9-19(25)10-6-18)8-12-22(27)26-24(23(28)29)13-3-2-4-14-24/h5-12,15H,2-4,13-14,16H2,1H3,(H,26,27)(H,28,29)/b12-8+. The van der Waals surface area contributed by atoms with E-state index in [0.29, 0.717) is 36.0 Å². The van der Waals surface area contributed by atoms with Gasteiger partial charge in [-0.25, -0.2) is 4.79 Å². The van der Waals surface area contributed by atoms with Crippen LogP contribution >= 0.6 is 11.6 Å². The van der Waals surface area contributed by atoms with Crippen molar-refractivity contribution in [3.63, 3.8) is 0 Å². The second-order valence-corrected chi connectivity index (χ2v) is 8.03. The summed E-state index contributed by atoms with van der Waals surface area (Å²) < 4.78 is 11.2. The second-order valence-electron chi connectivity index (χ2n) is 7.60. The fraction of sp³-hybridized carbons (Fsp3) is 0.333. The van der Waals surface area contributed by atoms with E-state index in [9.17, 15) is 14.7 Å². The van der Waals surface area contributed by atoms with Gasteiger partial charge in [0.15, 0.2) is 11.5 Å². The Balaban J connectivity index is 1.64. The summed E-state index contributed by atoms with van der Waals surface area (Å²) in [7, 11) is 1.55. The largest absolute Gasteiger partial charge is 0.493 e. The summed E-state index contributed by atoms with van der Waals surface area (Å²) in [4.78, 5) is 24.1. The van der Waals surface area contributed by atoms with Crippen molar-refractivity contribution in [1.29, 1.82) is 0 Å². The van der Waals surface area contributed by atoms with Crippen molar-refractivity contribution in [2.75, 3.05) is 7.11 Å². The molecule has 1 amide bonds. The Hall–Kier alpha value is -2.99. The van der Waals surface area contributed by atoms with E-state index in [4.69, 9.17) is 21.1 Å². The fourth-order valence-electron chi connectivity index (χ4n) is 3.65. The molecule has 2 aromatic rings. The predicted molar refractivity (Wildman–Crippen MR) is 119 cm³/mol. The molecule has 2 aromatic carbocycles. The molecule has 1 aliphatic carbocycles. The summed E-state index contributed by atoms with van der Waals surface area (Å²) in [6, 6.07) is 12.7. The topological polar surface area (TPSA) is 84.9 Å². The van der Waals surface area contributed by atoms with Crippen LogP contribution in [0.2, 0.25) is 5.02 Å². The number of carboxylic acids is 1. The summed E-state index contributed by atoms with van der Waals surface area (Å²) in [5, 5.41) is 13.0. The van der Waals surface area contributed by atoms with Gasteiger partial charge in [-0.1, -0.05) is 49.1 Å². The number of carbonyl (C=O) groups is 2. The van der Waals surface area contributed by atoms with E-state index < -0.39 is 17.4 Å². The maximum Gasteiger partial charge on any atom is 0.329 e. The lowest BCUT2D eigenvalue weighted by Gasteiger charge is -2.33. The van der Waals surface area contributed by atoms with Crippen LogP contribution in [0.4, 0.5) is 0 Å². The molecule has 164 valence electrons. The SMILES string of the molecule is COc1cc(/C=C/C(=O)NC2(C(=O)O)CCCCC2)ccc1OCc1ccc(Cl)cc1. The van der Waals surface area contributed by atoms with E-state index in [-0.39, 0.29) is 0 Å². The van der Waals surface area contributed by atoms with Crippen molar-refractivity contribution < 1.29 is 24.2 Å². The minimum absolute atomic E-state index is 0.363. The molecule has 7 heteroatoms. The minimum Gasteiger partial charge on any atom is -0.493 e. The van der Waals surface area contributed by atoms with Gasteiger partial charge in [0.1, 0.15) is 12.1 Å². The van der Waals surface area contributed by atoms with Crippen LogP contribution in [0.15, 0.2) is 48.5 Å². The van der Waals surface area contributed by atoms with Crippen LogP contribution in [0.3, 0.4) is 0 Å². The number of amides is 1. The number of methoxy groups -OCH3 is 1. The van der Waals surface area contributed by atoms with E-state index in [1.807, 2.05) is 12.1 Å². The Morgan fingerprint density at radius 1 is 1.10 bits per heavy atom. The highest BCUT2D eigenvalue weighted by atomic mass is 35.5. The van der Waals surface area contributed by atoms with Gasteiger partial charge in [0.2, 0.25) is 5.91 Å². The number of hydrogen-bond donors (Lipinski definition) is 2. The number of rotatable bonds is 8. The molecule has 0 heterocycles. The second kappa shape index (κ2) is 10.4. The van der Waals surface area contributed by atoms with Gasteiger partial charge in [-0.15, -0.1) is 0 Å². The summed E-state index contributed by atoms with van der Waals surface area (Å²) in [6.07, 6.45) is 6.47. The zero-order valence-electron chi connectivity index (χ0n) is 17.4. The lowest BCUT2D eigenvalue weighted by molar-refractivity contribution is -0.148. The lowest BCUT2D eigenvalue weighted by atomic mass is 9.81. The van der Waals surface area contributed by atoms with Gasteiger partial charge < -0.3 is 19.9 Å². The number of carboxylic acid groups (broad SMARTS) is 1. The van der Waals surface area contributed by atoms with Crippen molar-refractivity contribution >= 4 is 29.6 Å². The van der Waals surface area contributed by atoms with Crippen LogP contribution < -0.4 is 14.8 Å². The molecule has 1 saturated carbocycles. The molecule has 0 radical (unpaired) electrons. The summed E-state index contributed by atoms with van der Waals surface area (Å²) in [5.74, 6) is -0.291. The molecule has 1 fully saturated rings. The molecule has 0 spiro atoms. The quantitative estimate of drug-likeness (QED) is 0.570. The van der Waals surface area contributed by atoms with Gasteiger partial charge in [-0.05, 0) is 54.3 Å². The average Bonchev–Trinajstić information content (AvgIpc) is 2.78. The molecule has 1 aliphatic rings. The molecule has 0 aliphatic heterocycles. The van der Waals surface area contributed by atoms with Crippen molar-refractivity contribution in [2.45, 2.75) is 44.2 Å². The molecule has 0 saturated heterocycles. The van der Waals surface area contributed by atoms with E-state index >= 15 is 0 Å². The normalized spacial score (nSPS) is 15.4.